The lowest BCUT2D eigenvalue weighted by molar-refractivity contribution is -0.138. The molecule has 1 heterocycles. The van der Waals surface area contributed by atoms with E-state index in [9.17, 15) is 9.59 Å². The molecular formula is C12H19N3O3S. The average molecular weight is 285 g/mol. The number of aromatic nitrogens is 1. The molecule has 2 amide bonds. The molecule has 6 nitrogen and oxygen atoms in total. The summed E-state index contributed by atoms with van der Waals surface area (Å²) in [6.07, 6.45) is 0.705. The van der Waals surface area contributed by atoms with E-state index in [-0.39, 0.29) is 18.6 Å². The van der Waals surface area contributed by atoms with Crippen molar-refractivity contribution in [2.45, 2.75) is 39.8 Å². The zero-order valence-corrected chi connectivity index (χ0v) is 12.2. The highest BCUT2D eigenvalue weighted by atomic mass is 32.1. The monoisotopic (exact) mass is 285 g/mol. The Kier molecular flexibility index (Phi) is 5.75. The van der Waals surface area contributed by atoms with Crippen LogP contribution in [0.2, 0.25) is 0 Å². The van der Waals surface area contributed by atoms with Crippen LogP contribution in [0.4, 0.5) is 4.79 Å². The van der Waals surface area contributed by atoms with Crippen LogP contribution in [0, 0.1) is 6.92 Å². The lowest BCUT2D eigenvalue weighted by atomic mass is 10.2. The van der Waals surface area contributed by atoms with Gasteiger partial charge in [-0.1, -0.05) is 6.92 Å². The van der Waals surface area contributed by atoms with Crippen LogP contribution in [0.25, 0.3) is 0 Å². The Morgan fingerprint density at radius 1 is 1.58 bits per heavy atom. The Balaban J connectivity index is 2.58. The molecule has 0 aliphatic rings. The molecular weight excluding hydrogens is 266 g/mol. The fraction of sp³-hybridized carbons (Fsp3) is 0.583. The van der Waals surface area contributed by atoms with Crippen LogP contribution in [0.1, 0.15) is 31.0 Å². The number of urea groups is 1. The van der Waals surface area contributed by atoms with E-state index in [1.54, 1.807) is 0 Å². The number of aryl methyl sites for hydroxylation is 1. The van der Waals surface area contributed by atoms with E-state index >= 15 is 0 Å². The molecule has 1 aromatic heterocycles. The van der Waals surface area contributed by atoms with Crippen molar-refractivity contribution in [3.63, 3.8) is 0 Å². The van der Waals surface area contributed by atoms with E-state index in [2.05, 4.69) is 10.3 Å². The van der Waals surface area contributed by atoms with Crippen LogP contribution in [0.15, 0.2) is 5.38 Å². The van der Waals surface area contributed by atoms with Crippen molar-refractivity contribution >= 4 is 23.3 Å². The maximum absolute atomic E-state index is 12.0. The first-order valence-corrected chi connectivity index (χ1v) is 6.99. The molecule has 0 bridgehead atoms. The molecule has 19 heavy (non-hydrogen) atoms. The minimum Gasteiger partial charge on any atom is -0.480 e. The fourth-order valence-corrected chi connectivity index (χ4v) is 2.16. The molecule has 0 aliphatic heterocycles. The van der Waals surface area contributed by atoms with Gasteiger partial charge in [-0.25, -0.2) is 9.78 Å². The predicted octanol–water partition coefficient (Wildman–Crippen LogP) is 1.85. The lowest BCUT2D eigenvalue weighted by Crippen LogP contribution is -2.47. The van der Waals surface area contributed by atoms with Gasteiger partial charge in [0.25, 0.3) is 0 Å². The number of carboxylic acids is 1. The summed E-state index contributed by atoms with van der Waals surface area (Å²) in [5.74, 6) is -1.01. The number of amides is 2. The smallest absolute Gasteiger partial charge is 0.323 e. The topological polar surface area (TPSA) is 82.5 Å². The van der Waals surface area contributed by atoms with Gasteiger partial charge in [0.15, 0.2) is 0 Å². The summed E-state index contributed by atoms with van der Waals surface area (Å²) in [7, 11) is 0. The molecule has 1 atom stereocenters. The van der Waals surface area contributed by atoms with Crippen LogP contribution in [0.3, 0.4) is 0 Å². The molecule has 0 saturated carbocycles. The van der Waals surface area contributed by atoms with E-state index in [0.717, 1.165) is 10.7 Å². The Hall–Kier alpha value is -1.63. The first-order valence-electron chi connectivity index (χ1n) is 6.11. The van der Waals surface area contributed by atoms with Crippen LogP contribution in [-0.2, 0) is 11.3 Å². The van der Waals surface area contributed by atoms with Crippen molar-refractivity contribution in [3.8, 4) is 0 Å². The molecule has 2 N–H and O–H groups in total. The maximum atomic E-state index is 12.0. The third-order valence-electron chi connectivity index (χ3n) is 2.78. The Morgan fingerprint density at radius 2 is 2.26 bits per heavy atom. The lowest BCUT2D eigenvalue weighted by Gasteiger charge is -2.26. The second-order valence-electron chi connectivity index (χ2n) is 4.30. The normalized spacial score (nSPS) is 11.9. The third-order valence-corrected chi connectivity index (χ3v) is 3.60. The SMILES string of the molecule is CCC(C)N(CC(=O)O)C(=O)NCc1csc(C)n1. The van der Waals surface area contributed by atoms with Crippen molar-refractivity contribution in [3.05, 3.63) is 16.1 Å². The predicted molar refractivity (Wildman–Crippen MR) is 73.2 cm³/mol. The summed E-state index contributed by atoms with van der Waals surface area (Å²) in [6.45, 7) is 5.66. The highest BCUT2D eigenvalue weighted by Crippen LogP contribution is 2.08. The van der Waals surface area contributed by atoms with E-state index in [4.69, 9.17) is 5.11 Å². The van der Waals surface area contributed by atoms with Crippen molar-refractivity contribution < 1.29 is 14.7 Å². The molecule has 1 rings (SSSR count). The average Bonchev–Trinajstić information content (AvgIpc) is 2.77. The van der Waals surface area contributed by atoms with Gasteiger partial charge in [-0.05, 0) is 20.3 Å². The van der Waals surface area contributed by atoms with Crippen molar-refractivity contribution in [1.82, 2.24) is 15.2 Å². The van der Waals surface area contributed by atoms with Crippen LogP contribution in [-0.4, -0.2) is 39.6 Å². The number of rotatable bonds is 6. The molecule has 7 heteroatoms. The highest BCUT2D eigenvalue weighted by molar-refractivity contribution is 7.09. The van der Waals surface area contributed by atoms with Crippen molar-refractivity contribution in [2.75, 3.05) is 6.54 Å². The van der Waals surface area contributed by atoms with E-state index in [1.165, 1.54) is 16.2 Å². The Bertz CT molecular complexity index is 447. The Morgan fingerprint density at radius 3 is 2.74 bits per heavy atom. The number of carboxylic acid groups (broad SMARTS) is 1. The molecule has 106 valence electrons. The highest BCUT2D eigenvalue weighted by Gasteiger charge is 2.21. The van der Waals surface area contributed by atoms with Crippen LogP contribution < -0.4 is 5.32 Å². The minimum atomic E-state index is -1.01. The standard InChI is InChI=1S/C12H19N3O3S/c1-4-8(2)15(6-11(16)17)12(18)13-5-10-7-19-9(3)14-10/h7-8H,4-6H2,1-3H3,(H,13,18)(H,16,17). The number of hydrogen-bond donors (Lipinski definition) is 2. The molecule has 0 fully saturated rings. The minimum absolute atomic E-state index is 0.117. The largest absolute Gasteiger partial charge is 0.480 e. The number of nitrogens with zero attached hydrogens (tertiary/aromatic N) is 2. The molecule has 1 unspecified atom stereocenters. The number of nitrogens with one attached hydrogen (secondary N) is 1. The fourth-order valence-electron chi connectivity index (χ4n) is 1.55. The zero-order valence-electron chi connectivity index (χ0n) is 11.3. The summed E-state index contributed by atoms with van der Waals surface area (Å²) in [4.78, 5) is 28.3. The van der Waals surface area contributed by atoms with Gasteiger partial charge in [0, 0.05) is 11.4 Å². The third kappa shape index (κ3) is 4.86. The van der Waals surface area contributed by atoms with Gasteiger partial charge in [-0.15, -0.1) is 11.3 Å². The maximum Gasteiger partial charge on any atom is 0.323 e. The number of thiazole rings is 1. The van der Waals surface area contributed by atoms with Crippen molar-refractivity contribution in [2.24, 2.45) is 0 Å². The van der Waals surface area contributed by atoms with Gasteiger partial charge in [-0.2, -0.15) is 0 Å². The van der Waals surface area contributed by atoms with Crippen molar-refractivity contribution in [1.29, 1.82) is 0 Å². The van der Waals surface area contributed by atoms with E-state index in [1.807, 2.05) is 26.2 Å². The molecule has 1 aromatic rings. The second-order valence-corrected chi connectivity index (χ2v) is 5.36. The van der Waals surface area contributed by atoms with Gasteiger partial charge >= 0.3 is 12.0 Å². The van der Waals surface area contributed by atoms with Gasteiger partial charge in [0.1, 0.15) is 6.54 Å². The first-order chi connectivity index (χ1) is 8.93. The van der Waals surface area contributed by atoms with E-state index in [0.29, 0.717) is 13.0 Å². The molecule has 0 aliphatic carbocycles. The molecule has 0 saturated heterocycles. The zero-order chi connectivity index (χ0) is 14.4. The number of carbonyl (C=O) groups excluding carboxylic acids is 1. The van der Waals surface area contributed by atoms with Crippen LogP contribution >= 0.6 is 11.3 Å². The first kappa shape index (κ1) is 15.4. The van der Waals surface area contributed by atoms with Crippen LogP contribution in [0.5, 0.6) is 0 Å². The quantitative estimate of drug-likeness (QED) is 0.835. The number of aliphatic carboxylic acids is 1. The van der Waals surface area contributed by atoms with E-state index < -0.39 is 5.97 Å². The molecule has 0 aromatic carbocycles. The van der Waals surface area contributed by atoms with Gasteiger partial charge in [-0.3, -0.25) is 4.79 Å². The summed E-state index contributed by atoms with van der Waals surface area (Å²) < 4.78 is 0. The Labute approximate surface area is 116 Å². The second kappa shape index (κ2) is 7.08. The molecule has 0 spiro atoms. The summed E-state index contributed by atoms with van der Waals surface area (Å²) in [6, 6.07) is -0.490. The van der Waals surface area contributed by atoms with Gasteiger partial charge in [0.05, 0.1) is 17.2 Å². The summed E-state index contributed by atoms with van der Waals surface area (Å²) in [5.41, 5.74) is 0.787. The molecule has 0 radical (unpaired) electrons. The number of carbonyl (C=O) groups is 2. The number of hydrogen-bond acceptors (Lipinski definition) is 4. The van der Waals surface area contributed by atoms with Gasteiger partial charge in [0.2, 0.25) is 0 Å². The van der Waals surface area contributed by atoms with Gasteiger partial charge < -0.3 is 15.3 Å². The summed E-state index contributed by atoms with van der Waals surface area (Å²) >= 11 is 1.52. The summed E-state index contributed by atoms with van der Waals surface area (Å²) in [5, 5.41) is 14.3.